The van der Waals surface area contributed by atoms with Crippen molar-refractivity contribution in [2.45, 2.75) is 34.3 Å². The van der Waals surface area contributed by atoms with Crippen LogP contribution in [0.4, 0.5) is 4.79 Å². The summed E-state index contributed by atoms with van der Waals surface area (Å²) in [6, 6.07) is -0.625. The maximum atomic E-state index is 12.5. The summed E-state index contributed by atoms with van der Waals surface area (Å²) in [7, 11) is 0. The molecule has 0 fully saturated rings. The molecule has 7 nitrogen and oxygen atoms in total. The highest BCUT2D eigenvalue weighted by molar-refractivity contribution is 6.75. The molecule has 0 saturated heterocycles. The van der Waals surface area contributed by atoms with Crippen LogP contribution in [-0.2, 0) is 9.75 Å². The first-order valence-corrected chi connectivity index (χ1v) is 8.06. The van der Waals surface area contributed by atoms with Gasteiger partial charge in [0.2, 0.25) is 8.13 Å². The number of alkyl halides is 5. The number of hydrogen-bond donors (Lipinski definition) is 0. The highest BCUT2D eigenvalue weighted by Gasteiger charge is 2.51. The van der Waals surface area contributed by atoms with Gasteiger partial charge >= 0.3 is 6.03 Å². The third-order valence-corrected chi connectivity index (χ3v) is 5.05. The zero-order chi connectivity index (χ0) is 17.6. The minimum atomic E-state index is -2.10. The van der Waals surface area contributed by atoms with Gasteiger partial charge in [0.05, 0.1) is 0 Å². The van der Waals surface area contributed by atoms with Gasteiger partial charge in [-0.25, -0.2) is 14.8 Å². The Kier molecular flexibility index (Phi) is 4.92. The van der Waals surface area contributed by atoms with Crippen molar-refractivity contribution in [1.82, 2.24) is 29.5 Å². The van der Waals surface area contributed by atoms with Gasteiger partial charge in [0, 0.05) is 5.41 Å². The summed E-state index contributed by atoms with van der Waals surface area (Å²) < 4.78 is -2.17. The lowest BCUT2D eigenvalue weighted by atomic mass is 9.96. The zero-order valence-electron chi connectivity index (χ0n) is 12.1. The lowest BCUT2D eigenvalue weighted by Crippen LogP contribution is -2.30. The van der Waals surface area contributed by atoms with Crippen molar-refractivity contribution >= 4 is 64.0 Å². The monoisotopic (exact) mass is 418 g/mol. The van der Waals surface area contributed by atoms with Gasteiger partial charge in [-0.15, -0.1) is 5.10 Å². The Bertz CT molecular complexity index is 712. The van der Waals surface area contributed by atoms with Crippen molar-refractivity contribution in [2.24, 2.45) is 0 Å². The summed E-state index contributed by atoms with van der Waals surface area (Å²) in [5.74, 6) is 0.0622. The molecule has 0 amide bonds. The van der Waals surface area contributed by atoms with E-state index in [2.05, 4.69) is 20.2 Å². The molecule has 2 rings (SSSR count). The second kappa shape index (κ2) is 6.04. The molecule has 2 heterocycles. The highest BCUT2D eigenvalue weighted by atomic mass is 35.6. The van der Waals surface area contributed by atoms with Gasteiger partial charge < -0.3 is 0 Å². The molecule has 0 radical (unpaired) electrons. The molecule has 126 valence electrons. The van der Waals surface area contributed by atoms with Crippen LogP contribution in [0.15, 0.2) is 12.7 Å². The summed E-state index contributed by atoms with van der Waals surface area (Å²) in [5.41, 5.74) is -0.570. The largest absolute Gasteiger partial charge is 0.372 e. The van der Waals surface area contributed by atoms with E-state index in [1.165, 1.54) is 12.7 Å². The van der Waals surface area contributed by atoms with Crippen molar-refractivity contribution < 1.29 is 4.79 Å². The summed E-state index contributed by atoms with van der Waals surface area (Å²) in [4.78, 5) is 20.4. The third kappa shape index (κ3) is 3.58. The van der Waals surface area contributed by atoms with E-state index in [0.29, 0.717) is 0 Å². The molecule has 0 unspecified atom stereocenters. The number of carbonyl (C=O) groups excluding carboxylic acids is 1. The van der Waals surface area contributed by atoms with Gasteiger partial charge in [-0.3, -0.25) is 0 Å². The lowest BCUT2D eigenvalue weighted by molar-refractivity contribution is 0.235. The molecular weight excluding hydrogens is 409 g/mol. The maximum absolute atomic E-state index is 12.5. The van der Waals surface area contributed by atoms with Crippen LogP contribution in [0, 0.1) is 0 Å². The molecule has 0 atom stereocenters. The van der Waals surface area contributed by atoms with E-state index in [1.807, 2.05) is 20.8 Å². The van der Waals surface area contributed by atoms with Gasteiger partial charge in [-0.2, -0.15) is 14.5 Å². The molecule has 12 heteroatoms. The number of carbonyl (C=O) groups is 1. The van der Waals surface area contributed by atoms with Crippen LogP contribution in [0.2, 0.25) is 0 Å². The molecule has 0 aliphatic rings. The fourth-order valence-corrected chi connectivity index (χ4v) is 2.01. The first-order valence-electron chi connectivity index (χ1n) is 6.17. The second-order valence-electron chi connectivity index (χ2n) is 5.62. The Morgan fingerprint density at radius 1 is 1.13 bits per heavy atom. The summed E-state index contributed by atoms with van der Waals surface area (Å²) in [5, 5.41) is 7.78. The first-order chi connectivity index (χ1) is 10.4. The minimum absolute atomic E-state index is 0.209. The number of hydrogen-bond acceptors (Lipinski definition) is 5. The number of rotatable bonds is 1. The van der Waals surface area contributed by atoms with Crippen molar-refractivity contribution in [1.29, 1.82) is 0 Å². The fourth-order valence-electron chi connectivity index (χ4n) is 1.59. The molecule has 0 saturated carbocycles. The lowest BCUT2D eigenvalue weighted by Gasteiger charge is -2.24. The number of nitrogens with zero attached hydrogens (tertiary/aromatic N) is 6. The predicted molar refractivity (Wildman–Crippen MR) is 88.6 cm³/mol. The number of aromatic nitrogens is 6. The van der Waals surface area contributed by atoms with Crippen molar-refractivity contribution in [3.8, 4) is 0 Å². The van der Waals surface area contributed by atoms with Crippen molar-refractivity contribution in [3.63, 3.8) is 0 Å². The molecule has 0 aromatic carbocycles. The van der Waals surface area contributed by atoms with Gasteiger partial charge in [0.1, 0.15) is 18.5 Å². The minimum Gasteiger partial charge on any atom is -0.243 e. The van der Waals surface area contributed by atoms with Gasteiger partial charge in [-0.1, -0.05) is 78.8 Å². The zero-order valence-corrected chi connectivity index (χ0v) is 15.9. The molecule has 0 bridgehead atoms. The van der Waals surface area contributed by atoms with Crippen LogP contribution >= 0.6 is 58.0 Å². The Hall–Kier alpha value is -0.600. The molecule has 0 aliphatic carbocycles. The van der Waals surface area contributed by atoms with E-state index < -0.39 is 19.6 Å². The average molecular weight is 421 g/mol. The van der Waals surface area contributed by atoms with Crippen molar-refractivity contribution in [3.05, 3.63) is 24.3 Å². The van der Waals surface area contributed by atoms with Crippen LogP contribution < -0.4 is 0 Å². The van der Waals surface area contributed by atoms with Crippen molar-refractivity contribution in [2.75, 3.05) is 0 Å². The van der Waals surface area contributed by atoms with Gasteiger partial charge in [0.25, 0.3) is 0 Å². The smallest absolute Gasteiger partial charge is 0.243 e. The Labute approximate surface area is 156 Å². The average Bonchev–Trinajstić information content (AvgIpc) is 3.05. The Morgan fingerprint density at radius 3 is 2.17 bits per heavy atom. The predicted octanol–water partition coefficient (Wildman–Crippen LogP) is 3.68. The van der Waals surface area contributed by atoms with Crippen LogP contribution in [0.3, 0.4) is 0 Å². The molecular formula is C11H11Cl5N6O. The Morgan fingerprint density at radius 2 is 1.74 bits per heavy atom. The molecule has 2 aromatic rings. The molecule has 2 aromatic heterocycles. The number of halogens is 5. The highest BCUT2D eigenvalue weighted by Crippen LogP contribution is 2.52. The van der Waals surface area contributed by atoms with Crippen LogP contribution in [0.5, 0.6) is 0 Å². The normalized spacial score (nSPS) is 13.4. The molecule has 0 N–H and O–H groups in total. The standard InChI is InChI=1S/C11H11Cl5N6O/c1-9(2,3)7-19-6(10(12,13)11(14,15)16)20-22(7)8(23)21-5-17-4-18-21/h4-5H,1-3H3. The quantitative estimate of drug-likeness (QED) is 0.658. The Balaban J connectivity index is 2.61. The van der Waals surface area contributed by atoms with E-state index in [-0.39, 0.29) is 11.6 Å². The van der Waals surface area contributed by atoms with E-state index in [1.54, 1.807) is 0 Å². The summed E-state index contributed by atoms with van der Waals surface area (Å²) >= 11 is 29.5. The SMILES string of the molecule is CC(C)(C)c1nc(C(Cl)(Cl)C(Cl)(Cl)Cl)nn1C(=O)n1cncn1. The van der Waals surface area contributed by atoms with Gasteiger partial charge in [-0.05, 0) is 0 Å². The molecule has 0 aliphatic heterocycles. The van der Waals surface area contributed by atoms with E-state index in [4.69, 9.17) is 58.0 Å². The maximum Gasteiger partial charge on any atom is 0.372 e. The van der Waals surface area contributed by atoms with Crippen LogP contribution in [0.25, 0.3) is 0 Å². The third-order valence-electron chi connectivity index (χ3n) is 2.71. The first kappa shape index (κ1) is 18.7. The topological polar surface area (TPSA) is 78.5 Å². The van der Waals surface area contributed by atoms with E-state index in [9.17, 15) is 4.79 Å². The van der Waals surface area contributed by atoms with Gasteiger partial charge in [0.15, 0.2) is 5.82 Å². The van der Waals surface area contributed by atoms with E-state index in [0.717, 1.165) is 9.36 Å². The summed E-state index contributed by atoms with van der Waals surface area (Å²) in [6.45, 7) is 5.47. The van der Waals surface area contributed by atoms with Crippen LogP contribution in [0.1, 0.15) is 32.4 Å². The second-order valence-corrected chi connectivity index (χ2v) is 9.22. The fraction of sp³-hybridized carbons (Fsp3) is 0.545. The van der Waals surface area contributed by atoms with Crippen LogP contribution in [-0.4, -0.2) is 39.4 Å². The summed E-state index contributed by atoms with van der Waals surface area (Å²) in [6.07, 6.45) is 2.43. The van der Waals surface area contributed by atoms with E-state index >= 15 is 0 Å². The molecule has 23 heavy (non-hydrogen) atoms. The molecule has 0 spiro atoms.